The van der Waals surface area contributed by atoms with Crippen molar-refractivity contribution in [1.29, 1.82) is 0 Å². The third-order valence-corrected chi connectivity index (χ3v) is 5.55. The van der Waals surface area contributed by atoms with Crippen molar-refractivity contribution in [1.82, 2.24) is 4.90 Å². The van der Waals surface area contributed by atoms with Crippen LogP contribution in [-0.2, 0) is 20.7 Å². The van der Waals surface area contributed by atoms with E-state index in [0.29, 0.717) is 19.4 Å². The summed E-state index contributed by atoms with van der Waals surface area (Å²) in [6, 6.07) is 7.46. The molecule has 0 bridgehead atoms. The van der Waals surface area contributed by atoms with Crippen LogP contribution < -0.4 is 11.1 Å². The molecule has 2 heterocycles. The largest absolute Gasteiger partial charge is 0.364 e. The summed E-state index contributed by atoms with van der Waals surface area (Å²) >= 11 is 1.89. The normalized spacial score (nSPS) is 22.6. The lowest BCUT2D eigenvalue weighted by molar-refractivity contribution is -0.130. The second-order valence-corrected chi connectivity index (χ2v) is 7.64. The molecule has 0 radical (unpaired) electrons. The number of nitrogens with zero attached hydrogens (tertiary/aromatic N) is 1. The molecule has 2 amide bonds. The molecule has 0 aliphatic carbocycles. The number of thioether (sulfide) groups is 1. The Kier molecular flexibility index (Phi) is 8.21. The molecule has 0 aromatic heterocycles. The highest BCUT2D eigenvalue weighted by atomic mass is 35.5. The van der Waals surface area contributed by atoms with Gasteiger partial charge in [-0.15, -0.1) is 12.4 Å². The van der Waals surface area contributed by atoms with E-state index in [1.54, 1.807) is 0 Å². The van der Waals surface area contributed by atoms with Crippen LogP contribution in [0, 0.1) is 0 Å². The van der Waals surface area contributed by atoms with Gasteiger partial charge in [-0.2, -0.15) is 11.8 Å². The summed E-state index contributed by atoms with van der Waals surface area (Å²) in [5, 5.41) is 2.87. The van der Waals surface area contributed by atoms with E-state index in [4.69, 9.17) is 10.5 Å². The van der Waals surface area contributed by atoms with Crippen molar-refractivity contribution in [3.63, 3.8) is 0 Å². The monoisotopic (exact) mass is 399 g/mol. The fraction of sp³-hybridized carbons (Fsp3) is 0.556. The van der Waals surface area contributed by atoms with Gasteiger partial charge in [-0.3, -0.25) is 9.59 Å². The van der Waals surface area contributed by atoms with E-state index in [0.717, 1.165) is 42.3 Å². The number of ether oxygens (including phenoxy) is 1. The number of carbonyl (C=O) groups is 2. The molecule has 1 aromatic carbocycles. The van der Waals surface area contributed by atoms with Crippen LogP contribution in [0.25, 0.3) is 0 Å². The molecule has 0 spiro atoms. The maximum atomic E-state index is 12.3. The van der Waals surface area contributed by atoms with Gasteiger partial charge in [0.25, 0.3) is 5.91 Å². The van der Waals surface area contributed by atoms with Crippen molar-refractivity contribution in [2.24, 2.45) is 5.73 Å². The van der Waals surface area contributed by atoms with Gasteiger partial charge in [0.15, 0.2) is 0 Å². The minimum absolute atomic E-state index is 0. The van der Waals surface area contributed by atoms with E-state index in [-0.39, 0.29) is 30.3 Å². The fourth-order valence-corrected chi connectivity index (χ4v) is 4.00. The standard InChI is InChI=1S/C18H25N3O3S.ClH/c19-12-15-5-6-16(24-15)18(23)20-14-3-1-13(2-4-14)11-17(22)21-7-9-25-10-8-21;/h1-4,15-16H,5-12,19H2,(H,20,23);1H/t15-,16+;/m1./s1. The number of hydrogen-bond donors (Lipinski definition) is 2. The topological polar surface area (TPSA) is 84.7 Å². The molecule has 2 saturated heterocycles. The number of hydrogen-bond acceptors (Lipinski definition) is 5. The van der Waals surface area contributed by atoms with Crippen molar-refractivity contribution in [3.8, 4) is 0 Å². The molecule has 26 heavy (non-hydrogen) atoms. The second-order valence-electron chi connectivity index (χ2n) is 6.42. The number of nitrogens with one attached hydrogen (secondary N) is 1. The molecule has 6 nitrogen and oxygen atoms in total. The Hall–Kier alpha value is -1.28. The van der Waals surface area contributed by atoms with Gasteiger partial charge in [0.05, 0.1) is 12.5 Å². The highest BCUT2D eigenvalue weighted by Crippen LogP contribution is 2.21. The van der Waals surface area contributed by atoms with Gasteiger partial charge in [-0.25, -0.2) is 0 Å². The van der Waals surface area contributed by atoms with Crippen LogP contribution in [0.4, 0.5) is 5.69 Å². The Balaban J connectivity index is 0.00000243. The molecule has 2 aliphatic rings. The van der Waals surface area contributed by atoms with Crippen molar-refractivity contribution < 1.29 is 14.3 Å². The van der Waals surface area contributed by atoms with Crippen LogP contribution in [0.3, 0.4) is 0 Å². The van der Waals surface area contributed by atoms with Crippen LogP contribution in [0.15, 0.2) is 24.3 Å². The molecule has 2 atom stereocenters. The number of halogens is 1. The van der Waals surface area contributed by atoms with Gasteiger partial charge in [0.2, 0.25) is 5.91 Å². The molecular weight excluding hydrogens is 374 g/mol. The predicted octanol–water partition coefficient (Wildman–Crippen LogP) is 1.67. The minimum Gasteiger partial charge on any atom is -0.364 e. The molecule has 1 aromatic rings. The van der Waals surface area contributed by atoms with Gasteiger partial charge in [-0.05, 0) is 30.5 Å². The first-order valence-corrected chi connectivity index (χ1v) is 9.92. The first-order valence-electron chi connectivity index (χ1n) is 8.76. The lowest BCUT2D eigenvalue weighted by Gasteiger charge is -2.26. The number of rotatable bonds is 5. The molecule has 8 heteroatoms. The number of nitrogens with two attached hydrogens (primary N) is 1. The Morgan fingerprint density at radius 3 is 2.50 bits per heavy atom. The van der Waals surface area contributed by atoms with Crippen LogP contribution in [-0.4, -0.2) is 60.1 Å². The maximum Gasteiger partial charge on any atom is 0.253 e. The second kappa shape index (κ2) is 10.2. The molecule has 3 N–H and O–H groups in total. The summed E-state index contributed by atoms with van der Waals surface area (Å²) in [6.07, 6.45) is 1.49. The van der Waals surface area contributed by atoms with Gasteiger partial charge in [0.1, 0.15) is 6.10 Å². The molecule has 144 valence electrons. The SMILES string of the molecule is Cl.NC[C@H]1CC[C@@H](C(=O)Nc2ccc(CC(=O)N3CCSCC3)cc2)O1. The van der Waals surface area contributed by atoms with E-state index >= 15 is 0 Å². The Bertz CT molecular complexity index is 608. The van der Waals surface area contributed by atoms with Crippen LogP contribution in [0.1, 0.15) is 18.4 Å². The Labute approximate surface area is 164 Å². The third-order valence-electron chi connectivity index (χ3n) is 4.60. The molecule has 3 rings (SSSR count). The van der Waals surface area contributed by atoms with Gasteiger partial charge in [-0.1, -0.05) is 12.1 Å². The Morgan fingerprint density at radius 1 is 1.19 bits per heavy atom. The minimum atomic E-state index is -0.424. The number of amides is 2. The van der Waals surface area contributed by atoms with Crippen molar-refractivity contribution in [3.05, 3.63) is 29.8 Å². The zero-order chi connectivity index (χ0) is 17.6. The Morgan fingerprint density at radius 2 is 1.88 bits per heavy atom. The van der Waals surface area contributed by atoms with Crippen molar-refractivity contribution in [2.75, 3.05) is 36.5 Å². The number of carbonyl (C=O) groups excluding carboxylic acids is 2. The molecular formula is C18H26ClN3O3S. The van der Waals surface area contributed by atoms with E-state index in [1.807, 2.05) is 40.9 Å². The zero-order valence-electron chi connectivity index (χ0n) is 14.7. The van der Waals surface area contributed by atoms with Gasteiger partial charge < -0.3 is 20.7 Å². The lowest BCUT2D eigenvalue weighted by Crippen LogP contribution is -2.38. The summed E-state index contributed by atoms with van der Waals surface area (Å²) in [5.74, 6) is 2.07. The zero-order valence-corrected chi connectivity index (χ0v) is 16.3. The van der Waals surface area contributed by atoms with Gasteiger partial charge in [0, 0.05) is 36.8 Å². The van der Waals surface area contributed by atoms with E-state index < -0.39 is 6.10 Å². The maximum absolute atomic E-state index is 12.3. The first kappa shape index (κ1) is 21.0. The molecule has 2 aliphatic heterocycles. The van der Waals surface area contributed by atoms with Crippen LogP contribution in [0.2, 0.25) is 0 Å². The van der Waals surface area contributed by atoms with E-state index in [2.05, 4.69) is 5.32 Å². The number of benzene rings is 1. The summed E-state index contributed by atoms with van der Waals surface area (Å²) in [4.78, 5) is 26.4. The molecule has 0 unspecified atom stereocenters. The summed E-state index contributed by atoms with van der Waals surface area (Å²) in [5.41, 5.74) is 7.25. The molecule has 0 saturated carbocycles. The summed E-state index contributed by atoms with van der Waals surface area (Å²) < 4.78 is 5.60. The van der Waals surface area contributed by atoms with Crippen LogP contribution >= 0.6 is 24.2 Å². The molecule has 2 fully saturated rings. The average Bonchev–Trinajstić information content (AvgIpc) is 3.13. The number of anilines is 1. The predicted molar refractivity (Wildman–Crippen MR) is 107 cm³/mol. The van der Waals surface area contributed by atoms with E-state index in [9.17, 15) is 9.59 Å². The smallest absolute Gasteiger partial charge is 0.253 e. The summed E-state index contributed by atoms with van der Waals surface area (Å²) in [6.45, 7) is 2.12. The first-order chi connectivity index (χ1) is 12.2. The fourth-order valence-electron chi connectivity index (χ4n) is 3.10. The average molecular weight is 400 g/mol. The van der Waals surface area contributed by atoms with E-state index in [1.165, 1.54) is 0 Å². The van der Waals surface area contributed by atoms with Crippen molar-refractivity contribution in [2.45, 2.75) is 31.5 Å². The summed E-state index contributed by atoms with van der Waals surface area (Å²) in [7, 11) is 0. The third kappa shape index (κ3) is 5.61. The lowest BCUT2D eigenvalue weighted by atomic mass is 10.1. The van der Waals surface area contributed by atoms with Crippen LogP contribution in [0.5, 0.6) is 0 Å². The van der Waals surface area contributed by atoms with Gasteiger partial charge >= 0.3 is 0 Å². The highest BCUT2D eigenvalue weighted by Gasteiger charge is 2.29. The highest BCUT2D eigenvalue weighted by molar-refractivity contribution is 7.99. The quantitative estimate of drug-likeness (QED) is 0.786. The van der Waals surface area contributed by atoms with Crippen molar-refractivity contribution >= 4 is 41.7 Å².